The lowest BCUT2D eigenvalue weighted by molar-refractivity contribution is 0.0949. The molecule has 2 heterocycles. The fraction of sp³-hybridized carbons (Fsp3) is 0.250. The van der Waals surface area contributed by atoms with Crippen LogP contribution in [0.2, 0.25) is 0 Å². The van der Waals surface area contributed by atoms with Gasteiger partial charge in [0.15, 0.2) is 5.69 Å². The zero-order valence-corrected chi connectivity index (χ0v) is 14.4. The average molecular weight is 354 g/mol. The van der Waals surface area contributed by atoms with Crippen LogP contribution >= 0.6 is 0 Å². The van der Waals surface area contributed by atoms with Gasteiger partial charge in [0.25, 0.3) is 5.91 Å². The van der Waals surface area contributed by atoms with Gasteiger partial charge in [0.1, 0.15) is 0 Å². The first-order valence-electron chi connectivity index (χ1n) is 8.03. The summed E-state index contributed by atoms with van der Waals surface area (Å²) in [4.78, 5) is 12.4. The lowest BCUT2D eigenvalue weighted by Crippen LogP contribution is -2.20. The van der Waals surface area contributed by atoms with Gasteiger partial charge in [-0.2, -0.15) is 9.78 Å². The van der Waals surface area contributed by atoms with Crippen LogP contribution in [0, 0.1) is 6.92 Å². The van der Waals surface area contributed by atoms with Crippen LogP contribution in [0.25, 0.3) is 5.82 Å². The number of hydrogen-bond donors (Lipinski definition) is 2. The Morgan fingerprint density at radius 3 is 2.77 bits per heavy atom. The van der Waals surface area contributed by atoms with Gasteiger partial charge in [-0.15, -0.1) is 5.10 Å². The third kappa shape index (κ3) is 3.58. The lowest BCUT2D eigenvalue weighted by Gasteiger charge is -2.03. The summed E-state index contributed by atoms with van der Waals surface area (Å²) in [6, 6.07) is 7.74. The number of carbonyl (C=O) groups excluding carboxylic acids is 1. The standard InChI is InChI=1S/C16H18N8O2/c1-3-4-12-13(19-23-24(12)15-14(17)21-26-22-15)16(25)20-18-9-11-7-5-10(2)6-8-11/h5-9H,3-4H2,1-2H3,(H2,17,21)(H,20,25). The minimum atomic E-state index is -0.474. The second-order valence-electron chi connectivity index (χ2n) is 5.63. The lowest BCUT2D eigenvalue weighted by atomic mass is 10.2. The van der Waals surface area contributed by atoms with Crippen LogP contribution in [0.4, 0.5) is 5.82 Å². The molecular weight excluding hydrogens is 336 g/mol. The van der Waals surface area contributed by atoms with E-state index in [2.05, 4.69) is 35.8 Å². The molecule has 1 aromatic carbocycles. The fourth-order valence-corrected chi connectivity index (χ4v) is 2.32. The summed E-state index contributed by atoms with van der Waals surface area (Å²) in [5, 5.41) is 19.1. The summed E-state index contributed by atoms with van der Waals surface area (Å²) < 4.78 is 5.94. The molecule has 0 aliphatic carbocycles. The van der Waals surface area contributed by atoms with E-state index >= 15 is 0 Å². The van der Waals surface area contributed by atoms with Crippen LogP contribution in [-0.2, 0) is 6.42 Å². The van der Waals surface area contributed by atoms with E-state index in [4.69, 9.17) is 5.73 Å². The smallest absolute Gasteiger partial charge is 0.293 e. The highest BCUT2D eigenvalue weighted by Crippen LogP contribution is 2.17. The van der Waals surface area contributed by atoms with E-state index in [0.717, 1.165) is 17.5 Å². The molecule has 10 nitrogen and oxygen atoms in total. The van der Waals surface area contributed by atoms with Crippen molar-refractivity contribution in [1.29, 1.82) is 0 Å². The van der Waals surface area contributed by atoms with Crippen molar-refractivity contribution in [3.8, 4) is 5.82 Å². The van der Waals surface area contributed by atoms with Gasteiger partial charge in [0, 0.05) is 0 Å². The predicted octanol–water partition coefficient (Wildman–Crippen LogP) is 1.26. The Bertz CT molecular complexity index is 926. The first-order valence-corrected chi connectivity index (χ1v) is 8.03. The van der Waals surface area contributed by atoms with Crippen molar-refractivity contribution >= 4 is 17.9 Å². The number of nitrogens with one attached hydrogen (secondary N) is 1. The quantitative estimate of drug-likeness (QED) is 0.502. The Labute approximate surface area is 149 Å². The van der Waals surface area contributed by atoms with E-state index in [1.807, 2.05) is 38.1 Å². The van der Waals surface area contributed by atoms with Crippen molar-refractivity contribution in [3.63, 3.8) is 0 Å². The molecule has 0 aliphatic heterocycles. The van der Waals surface area contributed by atoms with Crippen LogP contribution in [0.5, 0.6) is 0 Å². The number of hydrogen-bond acceptors (Lipinski definition) is 8. The normalized spacial score (nSPS) is 11.2. The van der Waals surface area contributed by atoms with Gasteiger partial charge in [-0.25, -0.2) is 10.1 Å². The predicted molar refractivity (Wildman–Crippen MR) is 93.9 cm³/mol. The summed E-state index contributed by atoms with van der Waals surface area (Å²) in [5.74, 6) is -0.210. The van der Waals surface area contributed by atoms with E-state index in [1.165, 1.54) is 4.68 Å². The molecule has 1 amide bonds. The summed E-state index contributed by atoms with van der Waals surface area (Å²) in [6.45, 7) is 3.97. The first kappa shape index (κ1) is 17.3. The van der Waals surface area contributed by atoms with Crippen molar-refractivity contribution in [2.24, 2.45) is 5.10 Å². The van der Waals surface area contributed by atoms with Gasteiger partial charge in [0.2, 0.25) is 11.6 Å². The molecule has 0 unspecified atom stereocenters. The summed E-state index contributed by atoms with van der Waals surface area (Å²) in [7, 11) is 0. The fourth-order valence-electron chi connectivity index (χ4n) is 2.32. The van der Waals surface area contributed by atoms with Crippen LogP contribution in [-0.4, -0.2) is 37.4 Å². The average Bonchev–Trinajstić information content (AvgIpc) is 3.23. The largest absolute Gasteiger partial charge is 0.378 e. The molecule has 10 heteroatoms. The van der Waals surface area contributed by atoms with E-state index in [9.17, 15) is 4.79 Å². The molecule has 0 atom stereocenters. The number of aromatic nitrogens is 5. The number of nitrogens with zero attached hydrogens (tertiary/aromatic N) is 6. The van der Waals surface area contributed by atoms with Gasteiger partial charge in [-0.1, -0.05) is 48.4 Å². The Kier molecular flexibility index (Phi) is 5.02. The molecular formula is C16H18N8O2. The maximum atomic E-state index is 12.4. The molecule has 2 aromatic heterocycles. The second kappa shape index (κ2) is 7.55. The molecule has 0 saturated carbocycles. The third-order valence-electron chi connectivity index (χ3n) is 3.62. The SMILES string of the molecule is CCCc1c(C(=O)NN=Cc2ccc(C)cc2)nnn1-c1nonc1N. The molecule has 0 bridgehead atoms. The van der Waals surface area contributed by atoms with Crippen LogP contribution in [0.3, 0.4) is 0 Å². The first-order chi connectivity index (χ1) is 12.6. The van der Waals surface area contributed by atoms with Crippen molar-refractivity contribution in [3.05, 3.63) is 46.8 Å². The number of hydrazone groups is 1. The van der Waals surface area contributed by atoms with Gasteiger partial charge in [-0.05, 0) is 29.2 Å². The number of rotatable bonds is 6. The molecule has 134 valence electrons. The number of aryl methyl sites for hydroxylation is 1. The summed E-state index contributed by atoms with van der Waals surface area (Å²) in [6.07, 6.45) is 2.87. The number of amides is 1. The second-order valence-corrected chi connectivity index (χ2v) is 5.63. The number of carbonyl (C=O) groups is 1. The number of nitrogens with two attached hydrogens (primary N) is 1. The summed E-state index contributed by atoms with van der Waals surface area (Å²) >= 11 is 0. The molecule has 0 radical (unpaired) electrons. The molecule has 3 N–H and O–H groups in total. The van der Waals surface area contributed by atoms with Crippen molar-refractivity contribution in [2.45, 2.75) is 26.7 Å². The number of benzene rings is 1. The van der Waals surface area contributed by atoms with E-state index in [-0.39, 0.29) is 17.3 Å². The zero-order valence-electron chi connectivity index (χ0n) is 14.4. The zero-order chi connectivity index (χ0) is 18.5. The minimum absolute atomic E-state index is 0.0663. The van der Waals surface area contributed by atoms with Crippen LogP contribution < -0.4 is 11.2 Å². The van der Waals surface area contributed by atoms with Crippen LogP contribution in [0.15, 0.2) is 34.0 Å². The minimum Gasteiger partial charge on any atom is -0.378 e. The molecule has 3 aromatic rings. The van der Waals surface area contributed by atoms with Gasteiger partial charge in [-0.3, -0.25) is 4.79 Å². The van der Waals surface area contributed by atoms with Gasteiger partial charge in [0.05, 0.1) is 11.9 Å². The van der Waals surface area contributed by atoms with Crippen molar-refractivity contribution in [2.75, 3.05) is 5.73 Å². The van der Waals surface area contributed by atoms with Crippen LogP contribution in [0.1, 0.15) is 40.7 Å². The Hall–Kier alpha value is -3.56. The Balaban J connectivity index is 1.79. The molecule has 26 heavy (non-hydrogen) atoms. The highest BCUT2D eigenvalue weighted by atomic mass is 16.6. The summed E-state index contributed by atoms with van der Waals surface area (Å²) in [5.41, 5.74) is 10.9. The molecule has 0 fully saturated rings. The molecule has 0 saturated heterocycles. The van der Waals surface area contributed by atoms with Crippen molar-refractivity contribution in [1.82, 2.24) is 30.7 Å². The molecule has 0 spiro atoms. The number of nitrogen functional groups attached to an aromatic ring is 1. The molecule has 3 rings (SSSR count). The Morgan fingerprint density at radius 1 is 1.35 bits per heavy atom. The van der Waals surface area contributed by atoms with Gasteiger partial charge < -0.3 is 5.73 Å². The highest BCUT2D eigenvalue weighted by molar-refractivity contribution is 5.94. The van der Waals surface area contributed by atoms with E-state index in [0.29, 0.717) is 12.1 Å². The Morgan fingerprint density at radius 2 is 2.12 bits per heavy atom. The highest BCUT2D eigenvalue weighted by Gasteiger charge is 2.23. The van der Waals surface area contributed by atoms with E-state index < -0.39 is 5.91 Å². The maximum Gasteiger partial charge on any atom is 0.293 e. The topological polar surface area (TPSA) is 137 Å². The number of anilines is 1. The van der Waals surface area contributed by atoms with Gasteiger partial charge >= 0.3 is 0 Å². The maximum absolute atomic E-state index is 12.4. The monoisotopic (exact) mass is 354 g/mol. The molecule has 0 aliphatic rings. The van der Waals surface area contributed by atoms with E-state index in [1.54, 1.807) is 6.21 Å². The van der Waals surface area contributed by atoms with Crippen molar-refractivity contribution < 1.29 is 9.42 Å². The third-order valence-corrected chi connectivity index (χ3v) is 3.62.